The van der Waals surface area contributed by atoms with E-state index in [9.17, 15) is 18.4 Å². The summed E-state index contributed by atoms with van der Waals surface area (Å²) < 4.78 is 38.2. The van der Waals surface area contributed by atoms with E-state index >= 15 is 0 Å². The molecule has 0 saturated carbocycles. The molecule has 3 aromatic rings. The van der Waals surface area contributed by atoms with Gasteiger partial charge in [0.2, 0.25) is 5.78 Å². The van der Waals surface area contributed by atoms with Crippen molar-refractivity contribution in [3.8, 4) is 11.5 Å². The number of ketones is 1. The number of rotatable bonds is 3. The van der Waals surface area contributed by atoms with Crippen LogP contribution in [0.5, 0.6) is 11.5 Å². The molecule has 3 aromatic carbocycles. The van der Waals surface area contributed by atoms with Crippen molar-refractivity contribution < 1.29 is 27.8 Å². The van der Waals surface area contributed by atoms with E-state index in [1.165, 1.54) is 54.6 Å². The van der Waals surface area contributed by atoms with Gasteiger partial charge in [-0.2, -0.15) is 0 Å². The molecule has 0 aromatic heterocycles. The fraction of sp³-hybridized carbons (Fsp3) is 0. The van der Waals surface area contributed by atoms with E-state index in [-0.39, 0.29) is 33.9 Å². The molecule has 1 aliphatic heterocycles. The second kappa shape index (κ2) is 7.08. The maximum atomic E-state index is 13.8. The first-order chi connectivity index (χ1) is 13.5. The van der Waals surface area contributed by atoms with Crippen LogP contribution >= 0.6 is 0 Å². The predicted molar refractivity (Wildman–Crippen MR) is 97.1 cm³/mol. The van der Waals surface area contributed by atoms with Crippen LogP contribution in [0.3, 0.4) is 0 Å². The second-order valence-electron chi connectivity index (χ2n) is 5.99. The number of carbonyl (C=O) groups is 2. The van der Waals surface area contributed by atoms with Crippen LogP contribution in [0.15, 0.2) is 72.5 Å². The summed E-state index contributed by atoms with van der Waals surface area (Å²) in [6.07, 6.45) is 1.31. The number of Topliss-reactive ketones (excluding diaryl/α,β-unsaturated/α-hetero) is 1. The second-order valence-corrected chi connectivity index (χ2v) is 5.99. The normalized spacial score (nSPS) is 13.9. The number of hydrogen-bond donors (Lipinski definition) is 0. The lowest BCUT2D eigenvalue weighted by molar-refractivity contribution is 0.0729. The van der Waals surface area contributed by atoms with Gasteiger partial charge in [0.05, 0.1) is 11.1 Å². The van der Waals surface area contributed by atoms with Crippen LogP contribution in [-0.2, 0) is 0 Å². The van der Waals surface area contributed by atoms with Crippen LogP contribution < -0.4 is 9.47 Å². The zero-order chi connectivity index (χ0) is 19.7. The molecule has 4 rings (SSSR count). The molecule has 0 amide bonds. The first-order valence-corrected chi connectivity index (χ1v) is 8.32. The smallest absolute Gasteiger partial charge is 0.346 e. The number of benzene rings is 3. The highest BCUT2D eigenvalue weighted by Crippen LogP contribution is 2.35. The van der Waals surface area contributed by atoms with Crippen LogP contribution in [0.1, 0.15) is 26.3 Å². The van der Waals surface area contributed by atoms with Crippen molar-refractivity contribution in [3.05, 3.63) is 101 Å². The SMILES string of the molecule is O=C(Oc1ccc2c(c1)OC(=Cc1ccccc1F)C2=O)c1ccccc1F. The largest absolute Gasteiger partial charge is 0.452 e. The molecule has 28 heavy (non-hydrogen) atoms. The molecule has 138 valence electrons. The summed E-state index contributed by atoms with van der Waals surface area (Å²) in [4.78, 5) is 24.6. The zero-order valence-electron chi connectivity index (χ0n) is 14.3. The number of ether oxygens (including phenoxy) is 2. The predicted octanol–water partition coefficient (Wildman–Crippen LogP) is 4.80. The average molecular weight is 378 g/mol. The van der Waals surface area contributed by atoms with Gasteiger partial charge in [-0.1, -0.05) is 30.3 Å². The third-order valence-corrected chi connectivity index (χ3v) is 4.14. The lowest BCUT2D eigenvalue weighted by Crippen LogP contribution is -2.10. The Labute approximate surface area is 158 Å². The number of carbonyl (C=O) groups excluding carboxylic acids is 2. The van der Waals surface area contributed by atoms with Gasteiger partial charge in [0.1, 0.15) is 23.1 Å². The molecular formula is C22H12F2O4. The Balaban J connectivity index is 1.58. The van der Waals surface area contributed by atoms with Gasteiger partial charge in [-0.15, -0.1) is 0 Å². The van der Waals surface area contributed by atoms with Gasteiger partial charge in [-0.25, -0.2) is 13.6 Å². The van der Waals surface area contributed by atoms with E-state index in [4.69, 9.17) is 9.47 Å². The topological polar surface area (TPSA) is 52.6 Å². The number of allylic oxidation sites excluding steroid dienone is 1. The van der Waals surface area contributed by atoms with Crippen molar-refractivity contribution in [3.63, 3.8) is 0 Å². The Kier molecular flexibility index (Phi) is 4.45. The van der Waals surface area contributed by atoms with E-state index in [2.05, 4.69) is 0 Å². The minimum atomic E-state index is -0.871. The van der Waals surface area contributed by atoms with Crippen LogP contribution in [0.25, 0.3) is 6.08 Å². The van der Waals surface area contributed by atoms with E-state index in [1.54, 1.807) is 12.1 Å². The van der Waals surface area contributed by atoms with Gasteiger partial charge in [0, 0.05) is 11.6 Å². The van der Waals surface area contributed by atoms with Gasteiger partial charge >= 0.3 is 5.97 Å². The lowest BCUT2D eigenvalue weighted by Gasteiger charge is -2.06. The molecule has 0 radical (unpaired) electrons. The molecule has 1 aliphatic rings. The summed E-state index contributed by atoms with van der Waals surface area (Å²) in [6.45, 7) is 0. The maximum Gasteiger partial charge on any atom is 0.346 e. The fourth-order valence-corrected chi connectivity index (χ4v) is 2.75. The number of hydrogen-bond acceptors (Lipinski definition) is 4. The Morgan fingerprint density at radius 2 is 1.64 bits per heavy atom. The Morgan fingerprint density at radius 1 is 0.929 bits per heavy atom. The summed E-state index contributed by atoms with van der Waals surface area (Å²) >= 11 is 0. The third-order valence-electron chi connectivity index (χ3n) is 4.14. The highest BCUT2D eigenvalue weighted by molar-refractivity contribution is 6.14. The minimum Gasteiger partial charge on any atom is -0.452 e. The molecule has 0 unspecified atom stereocenters. The Bertz CT molecular complexity index is 1130. The van der Waals surface area contributed by atoms with Crippen LogP contribution in [0.4, 0.5) is 8.78 Å². The summed E-state index contributed by atoms with van der Waals surface area (Å²) in [5.74, 6) is -2.25. The van der Waals surface area contributed by atoms with Gasteiger partial charge in [0.25, 0.3) is 0 Å². The highest BCUT2D eigenvalue weighted by Gasteiger charge is 2.28. The summed E-state index contributed by atoms with van der Waals surface area (Å²) in [5, 5.41) is 0. The summed E-state index contributed by atoms with van der Waals surface area (Å²) in [7, 11) is 0. The first-order valence-electron chi connectivity index (χ1n) is 8.32. The van der Waals surface area contributed by atoms with E-state index in [1.807, 2.05) is 0 Å². The fourth-order valence-electron chi connectivity index (χ4n) is 2.75. The number of halogens is 2. The molecular weight excluding hydrogens is 366 g/mol. The molecule has 0 spiro atoms. The zero-order valence-corrected chi connectivity index (χ0v) is 14.3. The quantitative estimate of drug-likeness (QED) is 0.373. The van der Waals surface area contributed by atoms with Crippen molar-refractivity contribution >= 4 is 17.8 Å². The molecule has 4 nitrogen and oxygen atoms in total. The lowest BCUT2D eigenvalue weighted by atomic mass is 10.1. The molecule has 0 aliphatic carbocycles. The summed E-state index contributed by atoms with van der Waals surface area (Å²) in [5.41, 5.74) is 0.262. The third kappa shape index (κ3) is 3.27. The van der Waals surface area contributed by atoms with Crippen LogP contribution in [0, 0.1) is 11.6 Å². The number of esters is 1. The van der Waals surface area contributed by atoms with Crippen molar-refractivity contribution in [2.45, 2.75) is 0 Å². The van der Waals surface area contributed by atoms with Crippen molar-refractivity contribution in [2.75, 3.05) is 0 Å². The van der Waals surface area contributed by atoms with Crippen LogP contribution in [-0.4, -0.2) is 11.8 Å². The van der Waals surface area contributed by atoms with E-state index in [0.717, 1.165) is 6.07 Å². The molecule has 0 N–H and O–H groups in total. The molecule has 6 heteroatoms. The van der Waals surface area contributed by atoms with Crippen molar-refractivity contribution in [1.29, 1.82) is 0 Å². The molecule has 0 saturated heterocycles. The number of fused-ring (bicyclic) bond motifs is 1. The van der Waals surface area contributed by atoms with E-state index < -0.39 is 23.4 Å². The van der Waals surface area contributed by atoms with Gasteiger partial charge in [0.15, 0.2) is 5.76 Å². The van der Waals surface area contributed by atoms with Crippen molar-refractivity contribution in [2.24, 2.45) is 0 Å². The van der Waals surface area contributed by atoms with Gasteiger partial charge < -0.3 is 9.47 Å². The highest BCUT2D eigenvalue weighted by atomic mass is 19.1. The Hall–Kier alpha value is -3.80. The maximum absolute atomic E-state index is 13.8. The molecule has 0 atom stereocenters. The van der Waals surface area contributed by atoms with Gasteiger partial charge in [-0.3, -0.25) is 4.79 Å². The summed E-state index contributed by atoms with van der Waals surface area (Å²) in [6, 6.07) is 15.6. The molecule has 1 heterocycles. The standard InChI is InChI=1S/C22H12F2O4/c23-17-7-3-1-5-13(17)11-20-21(25)16-10-9-14(12-19(16)28-20)27-22(26)15-6-2-4-8-18(15)24/h1-12H. The monoisotopic (exact) mass is 378 g/mol. The average Bonchev–Trinajstić information content (AvgIpc) is 2.99. The molecule has 0 bridgehead atoms. The minimum absolute atomic E-state index is 0.0438. The van der Waals surface area contributed by atoms with Gasteiger partial charge in [-0.05, 0) is 36.4 Å². The van der Waals surface area contributed by atoms with Crippen LogP contribution in [0.2, 0.25) is 0 Å². The van der Waals surface area contributed by atoms with E-state index in [0.29, 0.717) is 0 Å². The Morgan fingerprint density at radius 3 is 2.39 bits per heavy atom. The first kappa shape index (κ1) is 17.6. The molecule has 0 fully saturated rings. The van der Waals surface area contributed by atoms with Crippen molar-refractivity contribution in [1.82, 2.24) is 0 Å².